The number of rotatable bonds is 6. The zero-order valence-electron chi connectivity index (χ0n) is 19.2. The van der Waals surface area contributed by atoms with E-state index in [0.29, 0.717) is 50.0 Å². The average molecular weight is 458 g/mol. The van der Waals surface area contributed by atoms with Gasteiger partial charge < -0.3 is 24.8 Å². The largest absolute Gasteiger partial charge is 0.456 e. The van der Waals surface area contributed by atoms with Crippen molar-refractivity contribution >= 4 is 5.82 Å². The molecule has 0 aliphatic carbocycles. The molecule has 2 aromatic heterocycles. The molecule has 2 fully saturated rings. The quantitative estimate of drug-likeness (QED) is 0.602. The molecular weight excluding hydrogens is 430 g/mol. The van der Waals surface area contributed by atoms with Gasteiger partial charge in [-0.2, -0.15) is 5.26 Å². The summed E-state index contributed by atoms with van der Waals surface area (Å²) in [7, 11) is 0. The second-order valence-electron chi connectivity index (χ2n) is 8.74. The fourth-order valence-electron chi connectivity index (χ4n) is 4.27. The molecule has 8 nitrogen and oxygen atoms in total. The molecular formula is C26H27N5O3. The maximum Gasteiger partial charge on any atom is 0.138 e. The fourth-order valence-corrected chi connectivity index (χ4v) is 4.27. The number of nitriles is 1. The van der Waals surface area contributed by atoms with Crippen molar-refractivity contribution in [3.8, 4) is 28.8 Å². The number of benzene rings is 1. The van der Waals surface area contributed by atoms with Crippen molar-refractivity contribution in [2.75, 3.05) is 51.0 Å². The number of hydrogen-bond donors (Lipinski definition) is 1. The minimum atomic E-state index is -0.153. The first-order chi connectivity index (χ1) is 16.6. The number of anilines is 1. The third-order valence-electron chi connectivity index (χ3n) is 6.39. The predicted molar refractivity (Wildman–Crippen MR) is 128 cm³/mol. The SMILES string of the molecule is Cc1cc(Oc2cc(C#N)ccc2-c2ccc(C3(CN)COC3)cn2)cc(N2CCOCC2)n1. The highest BCUT2D eigenvalue weighted by Gasteiger charge is 2.39. The van der Waals surface area contributed by atoms with E-state index >= 15 is 0 Å². The third kappa shape index (κ3) is 4.33. The summed E-state index contributed by atoms with van der Waals surface area (Å²) in [4.78, 5) is 11.6. The van der Waals surface area contributed by atoms with Crippen LogP contribution in [0.1, 0.15) is 16.8 Å². The molecule has 0 saturated carbocycles. The molecule has 0 spiro atoms. The highest BCUT2D eigenvalue weighted by molar-refractivity contribution is 5.69. The highest BCUT2D eigenvalue weighted by Crippen LogP contribution is 2.36. The molecule has 2 N–H and O–H groups in total. The van der Waals surface area contributed by atoms with Crippen LogP contribution in [0.25, 0.3) is 11.3 Å². The molecule has 0 unspecified atom stereocenters. The van der Waals surface area contributed by atoms with Crippen molar-refractivity contribution in [3.63, 3.8) is 0 Å². The molecule has 2 aliphatic heterocycles. The van der Waals surface area contributed by atoms with Gasteiger partial charge in [-0.15, -0.1) is 0 Å². The van der Waals surface area contributed by atoms with E-state index in [0.717, 1.165) is 41.4 Å². The molecule has 34 heavy (non-hydrogen) atoms. The monoisotopic (exact) mass is 457 g/mol. The van der Waals surface area contributed by atoms with Crippen LogP contribution in [0.2, 0.25) is 0 Å². The standard InChI is InChI=1S/C26H27N5O3/c1-18-10-21(12-25(30-18)31-6-8-32-9-7-31)34-24-11-19(13-27)2-4-22(24)23-5-3-20(14-29-23)26(15-28)16-33-17-26/h2-5,10-12,14H,6-9,15-17,28H2,1H3. The van der Waals surface area contributed by atoms with Crippen LogP contribution >= 0.6 is 0 Å². The van der Waals surface area contributed by atoms with Gasteiger partial charge in [0.15, 0.2) is 0 Å². The number of hydrogen-bond acceptors (Lipinski definition) is 8. The van der Waals surface area contributed by atoms with Gasteiger partial charge in [0.05, 0.1) is 49.2 Å². The summed E-state index contributed by atoms with van der Waals surface area (Å²) in [6.45, 7) is 6.63. The van der Waals surface area contributed by atoms with Crippen molar-refractivity contribution in [1.82, 2.24) is 9.97 Å². The van der Waals surface area contributed by atoms with Gasteiger partial charge in [0.25, 0.3) is 0 Å². The number of morpholine rings is 1. The molecule has 5 rings (SSSR count). The van der Waals surface area contributed by atoms with Gasteiger partial charge in [0.2, 0.25) is 0 Å². The van der Waals surface area contributed by atoms with Crippen LogP contribution < -0.4 is 15.4 Å². The summed E-state index contributed by atoms with van der Waals surface area (Å²) in [5.41, 5.74) is 9.85. The third-order valence-corrected chi connectivity index (χ3v) is 6.39. The Morgan fingerprint density at radius 1 is 1.12 bits per heavy atom. The van der Waals surface area contributed by atoms with Crippen LogP contribution in [0.5, 0.6) is 11.5 Å². The van der Waals surface area contributed by atoms with Crippen LogP contribution in [0.3, 0.4) is 0 Å². The second kappa shape index (κ2) is 9.39. The van der Waals surface area contributed by atoms with E-state index in [4.69, 9.17) is 24.9 Å². The van der Waals surface area contributed by atoms with Gasteiger partial charge in [0, 0.05) is 49.2 Å². The van der Waals surface area contributed by atoms with Gasteiger partial charge in [-0.25, -0.2) is 4.98 Å². The molecule has 0 amide bonds. The number of aromatic nitrogens is 2. The lowest BCUT2D eigenvalue weighted by Gasteiger charge is -2.40. The average Bonchev–Trinajstić information content (AvgIpc) is 2.84. The highest BCUT2D eigenvalue weighted by atomic mass is 16.5. The van der Waals surface area contributed by atoms with Gasteiger partial charge >= 0.3 is 0 Å². The summed E-state index contributed by atoms with van der Waals surface area (Å²) >= 11 is 0. The van der Waals surface area contributed by atoms with E-state index in [2.05, 4.69) is 16.0 Å². The second-order valence-corrected chi connectivity index (χ2v) is 8.74. The van der Waals surface area contributed by atoms with E-state index in [1.165, 1.54) is 0 Å². The lowest BCUT2D eigenvalue weighted by molar-refractivity contribution is -0.0551. The summed E-state index contributed by atoms with van der Waals surface area (Å²) in [6.07, 6.45) is 1.86. The number of nitrogens with zero attached hydrogens (tertiary/aromatic N) is 4. The van der Waals surface area contributed by atoms with Crippen molar-refractivity contribution < 1.29 is 14.2 Å². The smallest absolute Gasteiger partial charge is 0.138 e. The first-order valence-electron chi connectivity index (χ1n) is 11.4. The molecule has 174 valence electrons. The zero-order chi connectivity index (χ0) is 23.5. The molecule has 0 radical (unpaired) electrons. The number of ether oxygens (including phenoxy) is 3. The van der Waals surface area contributed by atoms with Gasteiger partial charge in [-0.1, -0.05) is 6.07 Å². The van der Waals surface area contributed by atoms with Crippen molar-refractivity contribution in [2.24, 2.45) is 5.73 Å². The normalized spacial score (nSPS) is 17.0. The minimum Gasteiger partial charge on any atom is -0.456 e. The maximum atomic E-state index is 9.46. The molecule has 3 aromatic rings. The van der Waals surface area contributed by atoms with Crippen LogP contribution in [0.15, 0.2) is 48.7 Å². The fraction of sp³-hybridized carbons (Fsp3) is 0.346. The Morgan fingerprint density at radius 2 is 1.94 bits per heavy atom. The first kappa shape index (κ1) is 22.3. The molecule has 4 heterocycles. The molecule has 2 aliphatic rings. The Balaban J connectivity index is 1.47. The Bertz CT molecular complexity index is 1210. The van der Waals surface area contributed by atoms with Gasteiger partial charge in [-0.3, -0.25) is 4.98 Å². The van der Waals surface area contributed by atoms with Crippen molar-refractivity contribution in [2.45, 2.75) is 12.3 Å². The Kier molecular flexibility index (Phi) is 6.16. The van der Waals surface area contributed by atoms with E-state index in [9.17, 15) is 5.26 Å². The number of pyridine rings is 2. The number of nitrogens with two attached hydrogens (primary N) is 1. The minimum absolute atomic E-state index is 0.153. The summed E-state index contributed by atoms with van der Waals surface area (Å²) in [5.74, 6) is 2.09. The lowest BCUT2D eigenvalue weighted by Crippen LogP contribution is -2.52. The first-order valence-corrected chi connectivity index (χ1v) is 11.4. The van der Waals surface area contributed by atoms with Crippen LogP contribution in [0, 0.1) is 18.3 Å². The predicted octanol–water partition coefficient (Wildman–Crippen LogP) is 3.18. The van der Waals surface area contributed by atoms with Gasteiger partial charge in [0.1, 0.15) is 17.3 Å². The molecule has 2 saturated heterocycles. The van der Waals surface area contributed by atoms with Crippen LogP contribution in [-0.4, -0.2) is 56.0 Å². The van der Waals surface area contributed by atoms with E-state index in [1.54, 1.807) is 12.1 Å². The van der Waals surface area contributed by atoms with Crippen molar-refractivity contribution in [3.05, 3.63) is 65.5 Å². The van der Waals surface area contributed by atoms with Crippen molar-refractivity contribution in [1.29, 1.82) is 5.26 Å². The molecule has 0 bridgehead atoms. The lowest BCUT2D eigenvalue weighted by atomic mass is 9.79. The van der Waals surface area contributed by atoms with E-state index < -0.39 is 0 Å². The molecule has 8 heteroatoms. The van der Waals surface area contributed by atoms with E-state index in [-0.39, 0.29) is 5.41 Å². The van der Waals surface area contributed by atoms with Crippen LogP contribution in [-0.2, 0) is 14.9 Å². The van der Waals surface area contributed by atoms with E-state index in [1.807, 2.05) is 43.5 Å². The summed E-state index contributed by atoms with van der Waals surface area (Å²) in [6, 6.07) is 15.4. The summed E-state index contributed by atoms with van der Waals surface area (Å²) < 4.78 is 17.2. The number of aryl methyl sites for hydroxylation is 1. The maximum absolute atomic E-state index is 9.46. The van der Waals surface area contributed by atoms with Crippen LogP contribution in [0.4, 0.5) is 5.82 Å². The Morgan fingerprint density at radius 3 is 2.59 bits per heavy atom. The topological polar surface area (TPSA) is 107 Å². The Labute approximate surface area is 198 Å². The summed E-state index contributed by atoms with van der Waals surface area (Å²) in [5, 5.41) is 9.46. The Hall–Kier alpha value is -3.51. The molecule has 1 aromatic carbocycles. The van der Waals surface area contributed by atoms with Gasteiger partial charge in [-0.05, 0) is 36.8 Å². The molecule has 0 atom stereocenters. The zero-order valence-corrected chi connectivity index (χ0v) is 19.2.